The van der Waals surface area contributed by atoms with Gasteiger partial charge in [0.05, 0.1) is 5.56 Å². The Bertz CT molecular complexity index is 1200. The van der Waals surface area contributed by atoms with E-state index in [0.29, 0.717) is 48.1 Å². The zero-order valence-electron chi connectivity index (χ0n) is 21.1. The van der Waals surface area contributed by atoms with Gasteiger partial charge < -0.3 is 20.5 Å². The fraction of sp³-hybridized carbons (Fsp3) is 0.517. The van der Waals surface area contributed by atoms with Gasteiger partial charge in [-0.25, -0.2) is 13.6 Å². The van der Waals surface area contributed by atoms with Gasteiger partial charge in [0, 0.05) is 36.5 Å². The summed E-state index contributed by atoms with van der Waals surface area (Å²) >= 11 is 0. The summed E-state index contributed by atoms with van der Waals surface area (Å²) in [6, 6.07) is 9.14. The van der Waals surface area contributed by atoms with Gasteiger partial charge in [-0.2, -0.15) is 0 Å². The molecule has 3 atom stereocenters. The lowest BCUT2D eigenvalue weighted by molar-refractivity contribution is -0.132. The summed E-state index contributed by atoms with van der Waals surface area (Å²) in [5, 5.41) is 15.7. The zero-order valence-corrected chi connectivity index (χ0v) is 21.1. The Kier molecular flexibility index (Phi) is 6.96. The number of carboxylic acid groups (broad SMARTS) is 1. The SMILES string of the molecule is CCc1c(F)cccc1-c1cc(C(=O)O)ccc1O[C@@H]1CC[C@@H](NC(=O)[C@]2(F)CNC3(CCCC3)C2)C1. The van der Waals surface area contributed by atoms with Gasteiger partial charge in [-0.05, 0) is 67.5 Å². The highest BCUT2D eigenvalue weighted by Crippen LogP contribution is 2.42. The Labute approximate surface area is 215 Å². The molecule has 1 saturated heterocycles. The molecule has 1 spiro atoms. The van der Waals surface area contributed by atoms with E-state index in [9.17, 15) is 19.1 Å². The van der Waals surface area contributed by atoms with Gasteiger partial charge in [0.15, 0.2) is 0 Å². The van der Waals surface area contributed by atoms with Crippen LogP contribution in [0.5, 0.6) is 5.75 Å². The third-order valence-electron chi connectivity index (χ3n) is 8.33. The van der Waals surface area contributed by atoms with E-state index in [1.165, 1.54) is 18.2 Å². The van der Waals surface area contributed by atoms with Crippen LogP contribution in [0.25, 0.3) is 11.1 Å². The van der Waals surface area contributed by atoms with Crippen molar-refractivity contribution < 1.29 is 28.2 Å². The monoisotopic (exact) mass is 512 g/mol. The molecule has 6 nitrogen and oxygen atoms in total. The normalized spacial score (nSPS) is 26.5. The smallest absolute Gasteiger partial charge is 0.335 e. The van der Waals surface area contributed by atoms with Crippen molar-refractivity contribution in [2.24, 2.45) is 0 Å². The van der Waals surface area contributed by atoms with Crippen LogP contribution in [-0.2, 0) is 11.2 Å². The number of ether oxygens (including phenoxy) is 1. The van der Waals surface area contributed by atoms with Crippen LogP contribution < -0.4 is 15.4 Å². The molecule has 0 unspecified atom stereocenters. The first-order valence-corrected chi connectivity index (χ1v) is 13.3. The fourth-order valence-corrected chi connectivity index (χ4v) is 6.37. The summed E-state index contributed by atoms with van der Waals surface area (Å²) in [5.41, 5.74) is -0.437. The van der Waals surface area contributed by atoms with Crippen LogP contribution in [0.1, 0.15) is 74.2 Å². The zero-order chi connectivity index (χ0) is 26.2. The van der Waals surface area contributed by atoms with Crippen molar-refractivity contribution in [3.63, 3.8) is 0 Å². The summed E-state index contributed by atoms with van der Waals surface area (Å²) in [6.07, 6.45) is 6.24. The van der Waals surface area contributed by atoms with Gasteiger partial charge >= 0.3 is 5.97 Å². The van der Waals surface area contributed by atoms with Crippen molar-refractivity contribution in [2.45, 2.75) is 88.1 Å². The van der Waals surface area contributed by atoms with Gasteiger partial charge in [-0.15, -0.1) is 0 Å². The van der Waals surface area contributed by atoms with Crippen molar-refractivity contribution >= 4 is 11.9 Å². The molecule has 1 aliphatic heterocycles. The number of hydrogen-bond acceptors (Lipinski definition) is 4. The molecule has 2 saturated carbocycles. The summed E-state index contributed by atoms with van der Waals surface area (Å²) in [4.78, 5) is 24.5. The minimum Gasteiger partial charge on any atom is -0.490 e. The number of aromatic carboxylic acids is 1. The van der Waals surface area contributed by atoms with E-state index in [1.807, 2.05) is 6.92 Å². The highest BCUT2D eigenvalue weighted by Gasteiger charge is 2.54. The first-order chi connectivity index (χ1) is 17.7. The Hall–Kier alpha value is -3.00. The average molecular weight is 513 g/mol. The van der Waals surface area contributed by atoms with Crippen LogP contribution in [0.15, 0.2) is 36.4 Å². The van der Waals surface area contributed by atoms with Gasteiger partial charge in [-0.3, -0.25) is 4.79 Å². The van der Waals surface area contributed by atoms with Gasteiger partial charge in [0.25, 0.3) is 5.91 Å². The largest absolute Gasteiger partial charge is 0.490 e. The number of nitrogens with one attached hydrogen (secondary N) is 2. The predicted octanol–water partition coefficient (Wildman–Crippen LogP) is 5.18. The molecule has 1 amide bonds. The maximum absolute atomic E-state index is 15.6. The van der Waals surface area contributed by atoms with E-state index in [-0.39, 0.29) is 42.0 Å². The van der Waals surface area contributed by atoms with Crippen molar-refractivity contribution in [1.82, 2.24) is 10.6 Å². The van der Waals surface area contributed by atoms with Crippen LogP contribution in [-0.4, -0.2) is 46.9 Å². The topological polar surface area (TPSA) is 87.7 Å². The van der Waals surface area contributed by atoms with Crippen molar-refractivity contribution in [3.8, 4) is 16.9 Å². The Morgan fingerprint density at radius 1 is 1.16 bits per heavy atom. The second-order valence-corrected chi connectivity index (χ2v) is 10.8. The maximum atomic E-state index is 15.6. The molecule has 0 radical (unpaired) electrons. The highest BCUT2D eigenvalue weighted by atomic mass is 19.1. The van der Waals surface area contributed by atoms with Crippen molar-refractivity contribution in [3.05, 3.63) is 53.3 Å². The van der Waals surface area contributed by atoms with Crippen LogP contribution in [0.4, 0.5) is 8.78 Å². The van der Waals surface area contributed by atoms with Gasteiger partial charge in [0.1, 0.15) is 17.7 Å². The minimum atomic E-state index is -1.89. The Morgan fingerprint density at radius 2 is 1.95 bits per heavy atom. The van der Waals surface area contributed by atoms with Crippen molar-refractivity contribution in [1.29, 1.82) is 0 Å². The average Bonchev–Trinajstić information content (AvgIpc) is 3.60. The van der Waals surface area contributed by atoms with Crippen LogP contribution in [0.2, 0.25) is 0 Å². The molecule has 2 aromatic rings. The number of halogens is 2. The standard InChI is InChI=1S/C29H34F2N2O4/c1-2-21-22(6-5-7-24(21)30)23-14-18(26(34)35)8-11-25(23)37-20-10-9-19(15-20)33-27(36)29(31)16-28(32-17-29)12-3-4-13-28/h5-8,11,14,19-20,32H,2-4,9-10,12-13,15-17H2,1H3,(H,33,36)(H,34,35)/t19-,20-,29-/m1/s1. The molecule has 3 N–H and O–H groups in total. The van der Waals surface area contributed by atoms with E-state index >= 15 is 4.39 Å². The molecule has 3 aliphatic rings. The highest BCUT2D eigenvalue weighted by molar-refractivity contribution is 5.91. The number of rotatable bonds is 7. The first-order valence-electron chi connectivity index (χ1n) is 13.3. The molecule has 8 heteroatoms. The van der Waals surface area contributed by atoms with E-state index < -0.39 is 17.5 Å². The van der Waals surface area contributed by atoms with E-state index in [4.69, 9.17) is 4.74 Å². The number of hydrogen-bond donors (Lipinski definition) is 3. The predicted molar refractivity (Wildman–Crippen MR) is 136 cm³/mol. The molecule has 198 valence electrons. The number of benzene rings is 2. The molecular formula is C29H34F2N2O4. The lowest BCUT2D eigenvalue weighted by Crippen LogP contribution is -2.48. The van der Waals surface area contributed by atoms with E-state index in [0.717, 1.165) is 25.7 Å². The molecule has 2 aromatic carbocycles. The molecular weight excluding hydrogens is 478 g/mol. The number of carbonyl (C=O) groups excluding carboxylic acids is 1. The molecule has 3 fully saturated rings. The Balaban J connectivity index is 1.29. The van der Waals surface area contributed by atoms with Gasteiger partial charge in [-0.1, -0.05) is 31.9 Å². The third-order valence-corrected chi connectivity index (χ3v) is 8.33. The molecule has 5 rings (SSSR count). The van der Waals surface area contributed by atoms with Gasteiger partial charge in [0.2, 0.25) is 5.67 Å². The van der Waals surface area contributed by atoms with Crippen molar-refractivity contribution in [2.75, 3.05) is 6.54 Å². The number of amides is 1. The quantitative estimate of drug-likeness (QED) is 0.476. The molecule has 2 aliphatic carbocycles. The van der Waals surface area contributed by atoms with Crippen LogP contribution in [0, 0.1) is 5.82 Å². The summed E-state index contributed by atoms with van der Waals surface area (Å²) in [5.74, 6) is -1.51. The number of alkyl halides is 1. The minimum absolute atomic E-state index is 0.0537. The molecule has 37 heavy (non-hydrogen) atoms. The maximum Gasteiger partial charge on any atom is 0.335 e. The Morgan fingerprint density at radius 3 is 2.68 bits per heavy atom. The molecule has 0 bridgehead atoms. The summed E-state index contributed by atoms with van der Waals surface area (Å²) in [6.45, 7) is 1.90. The summed E-state index contributed by atoms with van der Waals surface area (Å²) < 4.78 is 36.4. The van der Waals surface area contributed by atoms with E-state index in [2.05, 4.69) is 10.6 Å². The lowest BCUT2D eigenvalue weighted by atomic mass is 9.89. The van der Waals surface area contributed by atoms with Crippen LogP contribution >= 0.6 is 0 Å². The second-order valence-electron chi connectivity index (χ2n) is 10.8. The number of carboxylic acids is 1. The fourth-order valence-electron chi connectivity index (χ4n) is 6.37. The number of carbonyl (C=O) groups is 2. The molecule has 1 heterocycles. The third kappa shape index (κ3) is 5.08. The second kappa shape index (κ2) is 10.0. The summed E-state index contributed by atoms with van der Waals surface area (Å²) in [7, 11) is 0. The molecule has 0 aromatic heterocycles. The van der Waals surface area contributed by atoms with E-state index in [1.54, 1.807) is 18.2 Å². The first kappa shape index (κ1) is 25.6. The van der Waals surface area contributed by atoms with Crippen LogP contribution in [0.3, 0.4) is 0 Å². The lowest BCUT2D eigenvalue weighted by Gasteiger charge is -2.25.